The minimum absolute atomic E-state index is 0.264. The van der Waals surface area contributed by atoms with E-state index in [9.17, 15) is 26.4 Å². The molecule has 0 saturated carbocycles. The summed E-state index contributed by atoms with van der Waals surface area (Å²) in [5, 5.41) is 1.24. The van der Waals surface area contributed by atoms with Crippen LogP contribution in [0.15, 0.2) is 11.4 Å². The number of aryl methyl sites for hydroxylation is 1. The quantitative estimate of drug-likeness (QED) is 0.742. The standard InChI is InChI=1S/C9H14F3N5O3S/c1-16-5-15-7(13)8(16)21(19,20)17(2)3-6(18)14-4-9(10,11)12/h5H,3-4,13H2,1-2H3,(H,14,18). The molecule has 0 spiro atoms. The minimum Gasteiger partial charge on any atom is -0.381 e. The Morgan fingerprint density at radius 1 is 1.52 bits per heavy atom. The number of alkyl halides is 3. The highest BCUT2D eigenvalue weighted by molar-refractivity contribution is 7.89. The first-order valence-corrected chi connectivity index (χ1v) is 6.95. The fraction of sp³-hybridized carbons (Fsp3) is 0.556. The van der Waals surface area contributed by atoms with Crippen molar-refractivity contribution in [1.82, 2.24) is 19.2 Å². The average molecular weight is 329 g/mol. The van der Waals surface area contributed by atoms with Gasteiger partial charge in [0.25, 0.3) is 10.0 Å². The van der Waals surface area contributed by atoms with Crippen LogP contribution < -0.4 is 11.1 Å². The molecule has 0 saturated heterocycles. The molecule has 0 aliphatic heterocycles. The largest absolute Gasteiger partial charge is 0.405 e. The van der Waals surface area contributed by atoms with Gasteiger partial charge in [0, 0.05) is 14.1 Å². The summed E-state index contributed by atoms with van der Waals surface area (Å²) >= 11 is 0. The molecular weight excluding hydrogens is 315 g/mol. The fourth-order valence-corrected chi connectivity index (χ4v) is 2.75. The molecule has 1 amide bonds. The van der Waals surface area contributed by atoms with E-state index >= 15 is 0 Å². The number of sulfonamides is 1. The molecule has 1 aromatic rings. The lowest BCUT2D eigenvalue weighted by Gasteiger charge is -2.17. The fourth-order valence-electron chi connectivity index (χ4n) is 1.44. The molecule has 21 heavy (non-hydrogen) atoms. The Bertz CT molecular complexity index is 606. The number of carbonyl (C=O) groups is 1. The summed E-state index contributed by atoms with van der Waals surface area (Å²) in [4.78, 5) is 14.9. The third-order valence-electron chi connectivity index (χ3n) is 2.42. The van der Waals surface area contributed by atoms with Crippen LogP contribution in [0.4, 0.5) is 19.0 Å². The number of halogens is 3. The Morgan fingerprint density at radius 3 is 2.52 bits per heavy atom. The Morgan fingerprint density at radius 2 is 2.10 bits per heavy atom. The first-order chi connectivity index (χ1) is 9.45. The molecule has 0 bridgehead atoms. The predicted molar refractivity (Wildman–Crippen MR) is 66.5 cm³/mol. The summed E-state index contributed by atoms with van der Waals surface area (Å²) in [7, 11) is -1.71. The normalized spacial score (nSPS) is 12.7. The lowest BCUT2D eigenvalue weighted by Crippen LogP contribution is -2.42. The Hall–Kier alpha value is -1.82. The molecule has 120 valence electrons. The number of nitrogens with two attached hydrogens (primary N) is 1. The summed E-state index contributed by atoms with van der Waals surface area (Å²) in [6.07, 6.45) is -3.40. The van der Waals surface area contributed by atoms with Crippen LogP contribution in [0, 0.1) is 0 Å². The van der Waals surface area contributed by atoms with E-state index in [0.717, 1.165) is 11.6 Å². The van der Waals surface area contributed by atoms with Crippen molar-refractivity contribution in [3.8, 4) is 0 Å². The summed E-state index contributed by atoms with van der Waals surface area (Å²) in [5.41, 5.74) is 5.42. The van der Waals surface area contributed by atoms with Gasteiger partial charge in [0.1, 0.15) is 6.54 Å². The van der Waals surface area contributed by atoms with E-state index in [1.165, 1.54) is 13.4 Å². The zero-order chi connectivity index (χ0) is 16.4. The average Bonchev–Trinajstić information content (AvgIpc) is 2.66. The number of anilines is 1. The SMILES string of the molecule is CN(CC(=O)NCC(F)(F)F)S(=O)(=O)c1c(N)ncn1C. The van der Waals surface area contributed by atoms with Crippen molar-refractivity contribution < 1.29 is 26.4 Å². The number of rotatable bonds is 5. The summed E-state index contributed by atoms with van der Waals surface area (Å²) in [5.74, 6) is -1.35. The molecular formula is C9H14F3N5O3S. The van der Waals surface area contributed by atoms with Crippen LogP contribution in [0.1, 0.15) is 0 Å². The van der Waals surface area contributed by atoms with Gasteiger partial charge in [-0.05, 0) is 0 Å². The molecule has 0 atom stereocenters. The maximum atomic E-state index is 12.2. The monoisotopic (exact) mass is 329 g/mol. The van der Waals surface area contributed by atoms with Gasteiger partial charge in [-0.2, -0.15) is 17.5 Å². The van der Waals surface area contributed by atoms with Crippen LogP contribution in [-0.4, -0.2) is 54.5 Å². The van der Waals surface area contributed by atoms with E-state index in [4.69, 9.17) is 5.73 Å². The van der Waals surface area contributed by atoms with Crippen LogP contribution in [0.5, 0.6) is 0 Å². The molecule has 0 fully saturated rings. The van der Waals surface area contributed by atoms with Crippen molar-refractivity contribution in [1.29, 1.82) is 0 Å². The number of likely N-dealkylation sites (N-methyl/N-ethyl adjacent to an activating group) is 1. The third-order valence-corrected chi connectivity index (χ3v) is 4.35. The molecule has 0 aromatic carbocycles. The van der Waals surface area contributed by atoms with Crippen molar-refractivity contribution in [2.24, 2.45) is 7.05 Å². The zero-order valence-electron chi connectivity index (χ0n) is 11.2. The van der Waals surface area contributed by atoms with E-state index in [1.54, 1.807) is 5.32 Å². The lowest BCUT2D eigenvalue weighted by molar-refractivity contribution is -0.138. The lowest BCUT2D eigenvalue weighted by atomic mass is 10.5. The maximum absolute atomic E-state index is 12.2. The van der Waals surface area contributed by atoms with Crippen molar-refractivity contribution >= 4 is 21.7 Å². The number of carbonyl (C=O) groups excluding carboxylic acids is 1. The second-order valence-corrected chi connectivity index (χ2v) is 6.16. The van der Waals surface area contributed by atoms with Crippen molar-refractivity contribution in [3.63, 3.8) is 0 Å². The van der Waals surface area contributed by atoms with E-state index in [2.05, 4.69) is 4.98 Å². The second-order valence-electron chi connectivity index (χ2n) is 4.20. The molecule has 0 unspecified atom stereocenters. The van der Waals surface area contributed by atoms with E-state index < -0.39 is 35.2 Å². The van der Waals surface area contributed by atoms with Gasteiger partial charge in [-0.3, -0.25) is 4.79 Å². The van der Waals surface area contributed by atoms with E-state index in [1.807, 2.05) is 0 Å². The third kappa shape index (κ3) is 4.32. The summed E-state index contributed by atoms with van der Waals surface area (Å²) in [6, 6.07) is 0. The van der Waals surface area contributed by atoms with Crippen LogP contribution in [0.25, 0.3) is 0 Å². The van der Waals surface area contributed by atoms with Crippen LogP contribution in [0.2, 0.25) is 0 Å². The number of hydrogen-bond donors (Lipinski definition) is 2. The van der Waals surface area contributed by atoms with Gasteiger partial charge in [-0.15, -0.1) is 0 Å². The molecule has 1 heterocycles. The Kier molecular flexibility index (Phi) is 4.83. The first kappa shape index (κ1) is 17.2. The second kappa shape index (κ2) is 5.89. The number of nitrogens with zero attached hydrogens (tertiary/aromatic N) is 3. The number of imidazole rings is 1. The van der Waals surface area contributed by atoms with Gasteiger partial charge in [0.2, 0.25) is 5.91 Å². The van der Waals surface area contributed by atoms with Crippen molar-refractivity contribution in [3.05, 3.63) is 6.33 Å². The highest BCUT2D eigenvalue weighted by atomic mass is 32.2. The highest BCUT2D eigenvalue weighted by Gasteiger charge is 2.31. The number of nitrogen functional groups attached to an aromatic ring is 1. The topological polar surface area (TPSA) is 110 Å². The van der Waals surface area contributed by atoms with Crippen LogP contribution in [0.3, 0.4) is 0 Å². The smallest absolute Gasteiger partial charge is 0.381 e. The van der Waals surface area contributed by atoms with Crippen molar-refractivity contribution in [2.75, 3.05) is 25.9 Å². The van der Waals surface area contributed by atoms with Gasteiger partial charge in [-0.25, -0.2) is 13.4 Å². The number of hydrogen-bond acceptors (Lipinski definition) is 5. The zero-order valence-corrected chi connectivity index (χ0v) is 12.0. The predicted octanol–water partition coefficient (Wildman–Crippen LogP) is -0.699. The Balaban J connectivity index is 2.80. The first-order valence-electron chi connectivity index (χ1n) is 5.51. The molecule has 0 aliphatic rings. The molecule has 8 nitrogen and oxygen atoms in total. The van der Waals surface area contributed by atoms with Crippen molar-refractivity contribution in [2.45, 2.75) is 11.2 Å². The molecule has 0 radical (unpaired) electrons. The molecule has 1 rings (SSSR count). The molecule has 1 aromatic heterocycles. The number of nitrogens with one attached hydrogen (secondary N) is 1. The van der Waals surface area contributed by atoms with Gasteiger partial charge in [0.15, 0.2) is 10.8 Å². The summed E-state index contributed by atoms with van der Waals surface area (Å²) in [6.45, 7) is -2.31. The van der Waals surface area contributed by atoms with Gasteiger partial charge in [0.05, 0.1) is 12.9 Å². The number of aromatic nitrogens is 2. The highest BCUT2D eigenvalue weighted by Crippen LogP contribution is 2.19. The minimum atomic E-state index is -4.57. The van der Waals surface area contributed by atoms with Gasteiger partial charge >= 0.3 is 6.18 Å². The van der Waals surface area contributed by atoms with Gasteiger partial charge in [-0.1, -0.05) is 0 Å². The summed E-state index contributed by atoms with van der Waals surface area (Å²) < 4.78 is 61.9. The van der Waals surface area contributed by atoms with Crippen LogP contribution >= 0.6 is 0 Å². The van der Waals surface area contributed by atoms with Crippen LogP contribution in [-0.2, 0) is 21.9 Å². The number of amides is 1. The molecule has 12 heteroatoms. The van der Waals surface area contributed by atoms with Gasteiger partial charge < -0.3 is 15.6 Å². The molecule has 3 N–H and O–H groups in total. The molecule has 0 aliphatic carbocycles. The maximum Gasteiger partial charge on any atom is 0.405 e. The Labute approximate surface area is 118 Å². The van der Waals surface area contributed by atoms with E-state index in [-0.39, 0.29) is 10.8 Å². The van der Waals surface area contributed by atoms with E-state index in [0.29, 0.717) is 4.31 Å².